The number of aromatic nitrogens is 2. The summed E-state index contributed by atoms with van der Waals surface area (Å²) in [5, 5.41) is 4.27. The monoisotopic (exact) mass is 293 g/mol. The Labute approximate surface area is 126 Å². The highest BCUT2D eigenvalue weighted by Gasteiger charge is 2.41. The van der Waals surface area contributed by atoms with Crippen molar-refractivity contribution in [3.63, 3.8) is 0 Å². The van der Waals surface area contributed by atoms with E-state index in [4.69, 9.17) is 20.0 Å². The normalized spacial score (nSPS) is 37.0. The summed E-state index contributed by atoms with van der Waals surface area (Å²) in [4.78, 5) is 4.72. The molecule has 1 aromatic heterocycles. The van der Waals surface area contributed by atoms with Gasteiger partial charge in [-0.05, 0) is 56.9 Å². The van der Waals surface area contributed by atoms with E-state index in [0.717, 1.165) is 49.7 Å². The van der Waals surface area contributed by atoms with E-state index in [9.17, 15) is 0 Å². The largest absolute Gasteiger partial charge is 0.370 e. The molecule has 0 radical (unpaired) electrons. The number of hydrogen-bond acceptors (Lipinski definition) is 5. The molecule has 1 aromatic rings. The first-order chi connectivity index (χ1) is 10.2. The van der Waals surface area contributed by atoms with Gasteiger partial charge >= 0.3 is 0 Å². The molecule has 2 atom stereocenters. The minimum atomic E-state index is -0.342. The molecule has 2 saturated carbocycles. The van der Waals surface area contributed by atoms with Crippen molar-refractivity contribution in [1.29, 1.82) is 0 Å². The van der Waals surface area contributed by atoms with Crippen molar-refractivity contribution in [2.75, 3.05) is 13.7 Å². The molecule has 0 spiro atoms. The third-order valence-corrected chi connectivity index (χ3v) is 5.60. The topological polar surface area (TPSA) is 74.2 Å². The van der Waals surface area contributed by atoms with Gasteiger partial charge in [0.25, 0.3) is 0 Å². The second kappa shape index (κ2) is 6.05. The maximum Gasteiger partial charge on any atom is 0.230 e. The molecule has 0 amide bonds. The van der Waals surface area contributed by atoms with Gasteiger partial charge in [0.2, 0.25) is 11.7 Å². The Morgan fingerprint density at radius 3 is 2.71 bits per heavy atom. The highest BCUT2D eigenvalue weighted by molar-refractivity contribution is 5.07. The van der Waals surface area contributed by atoms with E-state index in [2.05, 4.69) is 12.1 Å². The maximum absolute atomic E-state index is 5.86. The Balaban J connectivity index is 1.80. The van der Waals surface area contributed by atoms with Crippen molar-refractivity contribution in [2.24, 2.45) is 17.6 Å². The van der Waals surface area contributed by atoms with Crippen LogP contribution in [0.25, 0.3) is 0 Å². The molecule has 5 nitrogen and oxygen atoms in total. The van der Waals surface area contributed by atoms with Crippen LogP contribution in [0, 0.1) is 11.8 Å². The highest BCUT2D eigenvalue weighted by Crippen LogP contribution is 2.43. The lowest BCUT2D eigenvalue weighted by atomic mass is 9.79. The fourth-order valence-corrected chi connectivity index (χ4v) is 3.96. The molecule has 0 aromatic carbocycles. The van der Waals surface area contributed by atoms with E-state index in [-0.39, 0.29) is 5.60 Å². The van der Waals surface area contributed by atoms with E-state index in [0.29, 0.717) is 18.4 Å². The molecule has 3 rings (SSSR count). The van der Waals surface area contributed by atoms with E-state index in [1.165, 1.54) is 12.8 Å². The van der Waals surface area contributed by atoms with Crippen molar-refractivity contribution < 1.29 is 9.26 Å². The minimum absolute atomic E-state index is 0.340. The van der Waals surface area contributed by atoms with E-state index >= 15 is 0 Å². The Morgan fingerprint density at radius 1 is 1.29 bits per heavy atom. The summed E-state index contributed by atoms with van der Waals surface area (Å²) in [6.45, 7) is 3.00. The van der Waals surface area contributed by atoms with Gasteiger partial charge in [0.1, 0.15) is 5.60 Å². The third kappa shape index (κ3) is 2.73. The van der Waals surface area contributed by atoms with Gasteiger partial charge < -0.3 is 15.0 Å². The van der Waals surface area contributed by atoms with Gasteiger partial charge in [-0.2, -0.15) is 4.98 Å². The van der Waals surface area contributed by atoms with Crippen molar-refractivity contribution in [3.8, 4) is 0 Å². The molecular weight excluding hydrogens is 266 g/mol. The van der Waals surface area contributed by atoms with Crippen LogP contribution in [0.2, 0.25) is 0 Å². The summed E-state index contributed by atoms with van der Waals surface area (Å²) in [6, 6.07) is 0. The Kier molecular flexibility index (Phi) is 4.31. The molecule has 21 heavy (non-hydrogen) atoms. The molecule has 0 saturated heterocycles. The second-order valence-electron chi connectivity index (χ2n) is 6.87. The molecule has 2 aliphatic carbocycles. The number of methoxy groups -OCH3 is 1. The van der Waals surface area contributed by atoms with Crippen LogP contribution in [0.3, 0.4) is 0 Å². The van der Waals surface area contributed by atoms with Crippen LogP contribution in [0.5, 0.6) is 0 Å². The zero-order chi connectivity index (χ0) is 14.9. The van der Waals surface area contributed by atoms with E-state index in [1.54, 1.807) is 7.11 Å². The summed E-state index contributed by atoms with van der Waals surface area (Å²) in [7, 11) is 1.77. The van der Waals surface area contributed by atoms with Crippen LogP contribution < -0.4 is 5.73 Å². The number of hydrogen-bond donors (Lipinski definition) is 1. The van der Waals surface area contributed by atoms with Gasteiger partial charge in [-0.3, -0.25) is 0 Å². The van der Waals surface area contributed by atoms with Crippen LogP contribution in [-0.4, -0.2) is 23.8 Å². The van der Waals surface area contributed by atoms with Crippen LogP contribution in [-0.2, 0) is 10.3 Å². The molecular formula is C16H27N3O2. The Bertz CT molecular complexity index is 466. The molecule has 118 valence electrons. The molecule has 2 N–H and O–H groups in total. The first kappa shape index (κ1) is 15.0. The molecule has 5 heteroatoms. The predicted octanol–water partition coefficient (Wildman–Crippen LogP) is 2.96. The third-order valence-electron chi connectivity index (χ3n) is 5.60. The average molecular weight is 293 g/mol. The summed E-state index contributed by atoms with van der Waals surface area (Å²) in [6.07, 6.45) is 7.77. The fraction of sp³-hybridized carbons (Fsp3) is 0.875. The first-order valence-electron chi connectivity index (χ1n) is 8.28. The minimum Gasteiger partial charge on any atom is -0.370 e. The zero-order valence-corrected chi connectivity index (χ0v) is 13.2. The van der Waals surface area contributed by atoms with Gasteiger partial charge in [-0.15, -0.1) is 0 Å². The summed E-state index contributed by atoms with van der Waals surface area (Å²) >= 11 is 0. The zero-order valence-electron chi connectivity index (χ0n) is 13.2. The summed E-state index contributed by atoms with van der Waals surface area (Å²) < 4.78 is 11.4. The quantitative estimate of drug-likeness (QED) is 0.923. The molecule has 0 bridgehead atoms. The lowest BCUT2D eigenvalue weighted by Crippen LogP contribution is -2.34. The number of ether oxygens (including phenoxy) is 1. The standard InChI is InChI=1S/C16H27N3O2/c1-11-6-8-16(20-2,9-7-11)15-18-14(21-19-15)13-5-3-4-12(13)10-17/h11-13H,3-10,17H2,1-2H3. The second-order valence-corrected chi connectivity index (χ2v) is 6.87. The van der Waals surface area contributed by atoms with Gasteiger partial charge in [-0.1, -0.05) is 18.5 Å². The van der Waals surface area contributed by atoms with Crippen molar-refractivity contribution in [3.05, 3.63) is 11.7 Å². The van der Waals surface area contributed by atoms with Crippen molar-refractivity contribution in [1.82, 2.24) is 10.1 Å². The summed E-state index contributed by atoms with van der Waals surface area (Å²) in [5.74, 6) is 3.11. The SMILES string of the molecule is COC1(c2noc(C3CCCC3CN)n2)CCC(C)CC1. The Hall–Kier alpha value is -0.940. The average Bonchev–Trinajstić information content (AvgIpc) is 3.17. The van der Waals surface area contributed by atoms with Gasteiger partial charge in [0.05, 0.1) is 0 Å². The smallest absolute Gasteiger partial charge is 0.230 e. The van der Waals surface area contributed by atoms with Gasteiger partial charge in [0, 0.05) is 13.0 Å². The highest BCUT2D eigenvalue weighted by atomic mass is 16.5. The van der Waals surface area contributed by atoms with Crippen LogP contribution >= 0.6 is 0 Å². The van der Waals surface area contributed by atoms with Crippen molar-refractivity contribution >= 4 is 0 Å². The number of rotatable bonds is 4. The maximum atomic E-state index is 5.86. The van der Waals surface area contributed by atoms with Crippen LogP contribution in [0.4, 0.5) is 0 Å². The van der Waals surface area contributed by atoms with E-state index in [1.807, 2.05) is 0 Å². The van der Waals surface area contributed by atoms with Gasteiger partial charge in [0.15, 0.2) is 0 Å². The van der Waals surface area contributed by atoms with Crippen molar-refractivity contribution in [2.45, 2.75) is 63.4 Å². The molecule has 0 aliphatic heterocycles. The molecule has 2 unspecified atom stereocenters. The number of nitrogens with zero attached hydrogens (tertiary/aromatic N) is 2. The van der Waals surface area contributed by atoms with Crippen LogP contribution in [0.1, 0.15) is 69.5 Å². The number of nitrogens with two attached hydrogens (primary N) is 1. The predicted molar refractivity (Wildman–Crippen MR) is 79.8 cm³/mol. The fourth-order valence-electron chi connectivity index (χ4n) is 3.96. The first-order valence-corrected chi connectivity index (χ1v) is 8.28. The summed E-state index contributed by atoms with van der Waals surface area (Å²) in [5.41, 5.74) is 5.52. The lowest BCUT2D eigenvalue weighted by Gasteiger charge is -2.35. The van der Waals surface area contributed by atoms with Gasteiger partial charge in [-0.25, -0.2) is 0 Å². The molecule has 2 fully saturated rings. The van der Waals surface area contributed by atoms with E-state index < -0.39 is 0 Å². The molecule has 2 aliphatic rings. The molecule has 1 heterocycles. The Morgan fingerprint density at radius 2 is 2.05 bits per heavy atom. The van der Waals surface area contributed by atoms with Crippen LogP contribution in [0.15, 0.2) is 4.52 Å². The lowest BCUT2D eigenvalue weighted by molar-refractivity contribution is -0.0609.